The van der Waals surface area contributed by atoms with E-state index in [1.165, 1.54) is 0 Å². The molecule has 0 saturated carbocycles. The van der Waals surface area contributed by atoms with E-state index in [2.05, 4.69) is 5.32 Å². The lowest BCUT2D eigenvalue weighted by Gasteiger charge is -2.23. The maximum Gasteiger partial charge on any atom is 0.221 e. The summed E-state index contributed by atoms with van der Waals surface area (Å²) in [5, 5.41) is 2.79. The van der Waals surface area contributed by atoms with Gasteiger partial charge in [-0.25, -0.2) is 0 Å². The number of rotatable bonds is 2. The van der Waals surface area contributed by atoms with Gasteiger partial charge in [-0.05, 0) is 0 Å². The highest BCUT2D eigenvalue weighted by atomic mass is 16.1. The van der Waals surface area contributed by atoms with Crippen molar-refractivity contribution in [2.75, 3.05) is 26.2 Å². The second kappa shape index (κ2) is 4.75. The van der Waals surface area contributed by atoms with Crippen LogP contribution in [0, 0.1) is 5.41 Å². The smallest absolute Gasteiger partial charge is 0.221 e. The topological polar surface area (TPSA) is 49.4 Å². The van der Waals surface area contributed by atoms with Gasteiger partial charge in [0.1, 0.15) is 0 Å². The average molecular weight is 212 g/mol. The minimum atomic E-state index is -0.288. The van der Waals surface area contributed by atoms with Crippen molar-refractivity contribution in [3.8, 4) is 0 Å². The normalized spacial score (nSPS) is 19.5. The van der Waals surface area contributed by atoms with Gasteiger partial charge in [0.25, 0.3) is 0 Å². The third kappa shape index (κ3) is 4.00. The van der Waals surface area contributed by atoms with Gasteiger partial charge >= 0.3 is 0 Å². The first kappa shape index (κ1) is 12.2. The molecule has 0 aliphatic carbocycles. The molecule has 15 heavy (non-hydrogen) atoms. The molecule has 0 unspecified atom stereocenters. The molecule has 86 valence electrons. The molecule has 1 N–H and O–H groups in total. The van der Waals surface area contributed by atoms with Gasteiger partial charge < -0.3 is 5.32 Å². The molecule has 0 aromatic rings. The van der Waals surface area contributed by atoms with Crippen LogP contribution in [0.2, 0.25) is 0 Å². The van der Waals surface area contributed by atoms with E-state index in [1.807, 2.05) is 25.7 Å². The minimum Gasteiger partial charge on any atom is -0.355 e. The van der Waals surface area contributed by atoms with E-state index in [0.717, 1.165) is 6.54 Å². The molecule has 4 heteroatoms. The lowest BCUT2D eigenvalue weighted by Crippen LogP contribution is -2.37. The van der Waals surface area contributed by atoms with Crippen LogP contribution in [-0.2, 0) is 9.59 Å². The highest BCUT2D eigenvalue weighted by Gasteiger charge is 2.24. The third-order valence-corrected chi connectivity index (χ3v) is 2.61. The Morgan fingerprint density at radius 1 is 1.40 bits per heavy atom. The molecule has 1 heterocycles. The van der Waals surface area contributed by atoms with Gasteiger partial charge in [0.15, 0.2) is 5.78 Å². The van der Waals surface area contributed by atoms with Crippen LogP contribution < -0.4 is 5.32 Å². The number of hydrogen-bond acceptors (Lipinski definition) is 3. The number of hydrogen-bond donors (Lipinski definition) is 1. The Morgan fingerprint density at radius 2 is 2.07 bits per heavy atom. The lowest BCUT2D eigenvalue weighted by molar-refractivity contribution is -0.127. The van der Waals surface area contributed by atoms with Gasteiger partial charge in [0.05, 0.1) is 6.54 Å². The number of carbonyl (C=O) groups is 2. The zero-order chi connectivity index (χ0) is 11.5. The van der Waals surface area contributed by atoms with Gasteiger partial charge in [0.2, 0.25) is 5.91 Å². The number of nitrogens with one attached hydrogen (secondary N) is 1. The molecule has 0 aromatic carbocycles. The molecular weight excluding hydrogens is 192 g/mol. The number of nitrogens with zero attached hydrogens (tertiary/aromatic N) is 1. The van der Waals surface area contributed by atoms with E-state index in [1.54, 1.807) is 0 Å². The zero-order valence-electron chi connectivity index (χ0n) is 9.80. The highest BCUT2D eigenvalue weighted by Crippen LogP contribution is 2.15. The molecule has 0 bridgehead atoms. The fourth-order valence-corrected chi connectivity index (χ4v) is 1.41. The van der Waals surface area contributed by atoms with Crippen LogP contribution in [0.5, 0.6) is 0 Å². The summed E-state index contributed by atoms with van der Waals surface area (Å²) in [7, 11) is 0. The van der Waals surface area contributed by atoms with E-state index >= 15 is 0 Å². The zero-order valence-corrected chi connectivity index (χ0v) is 9.80. The highest BCUT2D eigenvalue weighted by molar-refractivity contribution is 5.85. The molecule has 1 aliphatic rings. The van der Waals surface area contributed by atoms with Crippen LogP contribution in [0.3, 0.4) is 0 Å². The lowest BCUT2D eigenvalue weighted by atomic mass is 9.90. The summed E-state index contributed by atoms with van der Waals surface area (Å²) in [5.41, 5.74) is -0.288. The summed E-state index contributed by atoms with van der Waals surface area (Å²) in [6.07, 6.45) is 0.497. The van der Waals surface area contributed by atoms with Crippen molar-refractivity contribution in [2.45, 2.75) is 27.2 Å². The third-order valence-electron chi connectivity index (χ3n) is 2.61. The van der Waals surface area contributed by atoms with Crippen molar-refractivity contribution in [3.05, 3.63) is 0 Å². The summed E-state index contributed by atoms with van der Waals surface area (Å²) in [4.78, 5) is 24.9. The Labute approximate surface area is 91.0 Å². The van der Waals surface area contributed by atoms with Crippen LogP contribution in [0.15, 0.2) is 0 Å². The maximum absolute atomic E-state index is 11.8. The Balaban J connectivity index is 2.45. The van der Waals surface area contributed by atoms with Gasteiger partial charge in [-0.2, -0.15) is 0 Å². The molecule has 1 rings (SSSR count). The van der Waals surface area contributed by atoms with Crippen molar-refractivity contribution in [1.29, 1.82) is 0 Å². The van der Waals surface area contributed by atoms with Crippen molar-refractivity contribution < 1.29 is 9.59 Å². The first-order chi connectivity index (χ1) is 6.89. The van der Waals surface area contributed by atoms with E-state index in [-0.39, 0.29) is 17.1 Å². The summed E-state index contributed by atoms with van der Waals surface area (Å²) >= 11 is 0. The van der Waals surface area contributed by atoms with E-state index in [4.69, 9.17) is 0 Å². The van der Waals surface area contributed by atoms with Crippen molar-refractivity contribution in [2.24, 2.45) is 5.41 Å². The minimum absolute atomic E-state index is 0.0840. The summed E-state index contributed by atoms with van der Waals surface area (Å²) in [6, 6.07) is 0. The largest absolute Gasteiger partial charge is 0.355 e. The summed E-state index contributed by atoms with van der Waals surface area (Å²) in [5.74, 6) is 0.317. The average Bonchev–Trinajstić information content (AvgIpc) is 2.29. The molecule has 0 radical (unpaired) electrons. The van der Waals surface area contributed by atoms with Gasteiger partial charge in [-0.1, -0.05) is 20.8 Å². The number of amides is 1. The molecule has 4 nitrogen and oxygen atoms in total. The van der Waals surface area contributed by atoms with Crippen LogP contribution >= 0.6 is 0 Å². The van der Waals surface area contributed by atoms with Crippen LogP contribution in [-0.4, -0.2) is 42.8 Å². The predicted molar refractivity (Wildman–Crippen MR) is 58.5 cm³/mol. The van der Waals surface area contributed by atoms with Crippen LogP contribution in [0.1, 0.15) is 27.2 Å². The summed E-state index contributed by atoms with van der Waals surface area (Å²) in [6.45, 7) is 8.35. The molecule has 1 aliphatic heterocycles. The second-order valence-corrected chi connectivity index (χ2v) is 5.05. The number of Topliss-reactive ketones (excluding diaryl/α,β-unsaturated/α-hetero) is 1. The summed E-state index contributed by atoms with van der Waals surface area (Å²) < 4.78 is 0. The molecule has 0 atom stereocenters. The standard InChI is InChI=1S/C11H20N2O2/c1-11(2,3)9(14)8-13-6-4-10(15)12-5-7-13/h4-8H2,1-3H3,(H,12,15). The Kier molecular flexibility index (Phi) is 3.85. The SMILES string of the molecule is CC(C)(C)C(=O)CN1CCNC(=O)CC1. The van der Waals surface area contributed by atoms with Crippen LogP contribution in [0.25, 0.3) is 0 Å². The first-order valence-corrected chi connectivity index (χ1v) is 5.42. The molecule has 1 amide bonds. The number of carbonyl (C=O) groups excluding carboxylic acids is 2. The molecular formula is C11H20N2O2. The van der Waals surface area contributed by atoms with E-state index in [9.17, 15) is 9.59 Å². The van der Waals surface area contributed by atoms with Gasteiger partial charge in [0, 0.05) is 31.5 Å². The Bertz CT molecular complexity index is 256. The fourth-order valence-electron chi connectivity index (χ4n) is 1.41. The van der Waals surface area contributed by atoms with Gasteiger partial charge in [-0.15, -0.1) is 0 Å². The van der Waals surface area contributed by atoms with Crippen LogP contribution in [0.4, 0.5) is 0 Å². The van der Waals surface area contributed by atoms with Gasteiger partial charge in [-0.3, -0.25) is 14.5 Å². The van der Waals surface area contributed by atoms with E-state index < -0.39 is 0 Å². The number of ketones is 1. The van der Waals surface area contributed by atoms with Crippen molar-refractivity contribution >= 4 is 11.7 Å². The van der Waals surface area contributed by atoms with E-state index in [0.29, 0.717) is 26.1 Å². The fraction of sp³-hybridized carbons (Fsp3) is 0.818. The van der Waals surface area contributed by atoms with Crippen molar-refractivity contribution in [3.63, 3.8) is 0 Å². The second-order valence-electron chi connectivity index (χ2n) is 5.05. The Morgan fingerprint density at radius 3 is 2.67 bits per heavy atom. The molecule has 0 spiro atoms. The first-order valence-electron chi connectivity index (χ1n) is 5.42. The van der Waals surface area contributed by atoms with Crippen molar-refractivity contribution in [1.82, 2.24) is 10.2 Å². The monoisotopic (exact) mass is 212 g/mol. The maximum atomic E-state index is 11.8. The molecule has 1 saturated heterocycles. The predicted octanol–water partition coefficient (Wildman–Crippen LogP) is 0.424. The quantitative estimate of drug-likeness (QED) is 0.722. The molecule has 0 aromatic heterocycles. The Hall–Kier alpha value is -0.900. The molecule has 1 fully saturated rings.